The number of aromatic nitrogens is 2. The fourth-order valence-corrected chi connectivity index (χ4v) is 3.18. The van der Waals surface area contributed by atoms with Crippen LogP contribution in [0.4, 0.5) is 13.2 Å². The Labute approximate surface area is 186 Å². The molecule has 0 atom stereocenters. The number of hydrogen-bond donors (Lipinski definition) is 2. The number of alkyl halides is 3. The second kappa shape index (κ2) is 10.6. The smallest absolute Gasteiger partial charge is 0.356 e. The lowest BCUT2D eigenvalue weighted by Crippen LogP contribution is -2.37. The molecule has 3 aromatic rings. The van der Waals surface area contributed by atoms with Crippen molar-refractivity contribution in [3.8, 4) is 11.3 Å². The van der Waals surface area contributed by atoms with Gasteiger partial charge in [0, 0.05) is 37.0 Å². The zero-order chi connectivity index (χ0) is 20.0. The van der Waals surface area contributed by atoms with Crippen molar-refractivity contribution in [2.24, 2.45) is 4.99 Å². The van der Waals surface area contributed by atoms with Crippen molar-refractivity contribution >= 4 is 41.3 Å². The lowest BCUT2D eigenvalue weighted by atomic mass is 10.2. The van der Waals surface area contributed by atoms with Crippen LogP contribution in [0.3, 0.4) is 0 Å². The highest BCUT2D eigenvalue weighted by Gasteiger charge is 2.33. The van der Waals surface area contributed by atoms with E-state index in [0.717, 1.165) is 22.3 Å². The van der Waals surface area contributed by atoms with E-state index in [2.05, 4.69) is 25.8 Å². The molecule has 29 heavy (non-hydrogen) atoms. The normalized spacial score (nSPS) is 11.8. The standard InChI is InChI=1S/C18H18F3N5OS.HI/c1-22-17(23-8-7-16-25-15(11-28-16)18(19,20)21)24-10-13-9-14(27-26-13)12-5-3-2-4-6-12;/h2-6,9,11H,7-8,10H2,1H3,(H2,22,23,24);1H. The third kappa shape index (κ3) is 6.70. The second-order valence-electron chi connectivity index (χ2n) is 5.78. The summed E-state index contributed by atoms with van der Waals surface area (Å²) in [7, 11) is 1.61. The predicted molar refractivity (Wildman–Crippen MR) is 116 cm³/mol. The van der Waals surface area contributed by atoms with Crippen LogP contribution in [-0.2, 0) is 19.1 Å². The first kappa shape index (κ1) is 23.1. The summed E-state index contributed by atoms with van der Waals surface area (Å²) in [6.45, 7) is 0.796. The minimum Gasteiger partial charge on any atom is -0.356 e. The van der Waals surface area contributed by atoms with Gasteiger partial charge in [0.05, 0.1) is 11.6 Å². The molecule has 0 fully saturated rings. The van der Waals surface area contributed by atoms with Gasteiger partial charge in [-0.05, 0) is 0 Å². The zero-order valence-corrected chi connectivity index (χ0v) is 18.5. The van der Waals surface area contributed by atoms with Crippen molar-refractivity contribution in [2.45, 2.75) is 19.1 Å². The number of benzene rings is 1. The van der Waals surface area contributed by atoms with Gasteiger partial charge in [-0.2, -0.15) is 13.2 Å². The van der Waals surface area contributed by atoms with E-state index in [1.54, 1.807) is 7.05 Å². The maximum atomic E-state index is 12.6. The van der Waals surface area contributed by atoms with Crippen molar-refractivity contribution in [3.63, 3.8) is 0 Å². The van der Waals surface area contributed by atoms with E-state index in [1.165, 1.54) is 0 Å². The van der Waals surface area contributed by atoms with Crippen LogP contribution in [-0.4, -0.2) is 29.7 Å². The fourth-order valence-electron chi connectivity index (χ4n) is 2.37. The summed E-state index contributed by atoms with van der Waals surface area (Å²) >= 11 is 0.993. The summed E-state index contributed by atoms with van der Waals surface area (Å²) in [5.74, 6) is 1.18. The Kier molecular flexibility index (Phi) is 8.44. The summed E-state index contributed by atoms with van der Waals surface area (Å²) in [4.78, 5) is 7.68. The highest BCUT2D eigenvalue weighted by Crippen LogP contribution is 2.30. The maximum absolute atomic E-state index is 12.6. The van der Waals surface area contributed by atoms with Gasteiger partial charge in [0.2, 0.25) is 0 Å². The molecule has 0 aliphatic heterocycles. The van der Waals surface area contributed by atoms with Crippen molar-refractivity contribution in [2.75, 3.05) is 13.6 Å². The summed E-state index contributed by atoms with van der Waals surface area (Å²) in [6.07, 6.45) is -4.04. The molecular weight excluding hydrogens is 518 g/mol. The van der Waals surface area contributed by atoms with Crippen LogP contribution in [0.25, 0.3) is 11.3 Å². The molecule has 6 nitrogen and oxygen atoms in total. The van der Waals surface area contributed by atoms with E-state index < -0.39 is 11.9 Å². The van der Waals surface area contributed by atoms with Crippen molar-refractivity contribution in [1.29, 1.82) is 0 Å². The van der Waals surface area contributed by atoms with E-state index in [9.17, 15) is 13.2 Å². The Morgan fingerprint density at radius 2 is 1.97 bits per heavy atom. The number of nitrogens with one attached hydrogen (secondary N) is 2. The quantitative estimate of drug-likeness (QED) is 0.278. The molecule has 0 saturated heterocycles. The number of hydrogen-bond acceptors (Lipinski definition) is 5. The van der Waals surface area contributed by atoms with Crippen LogP contribution in [0.5, 0.6) is 0 Å². The van der Waals surface area contributed by atoms with Gasteiger partial charge in [-0.15, -0.1) is 35.3 Å². The Morgan fingerprint density at radius 3 is 2.62 bits per heavy atom. The molecule has 156 valence electrons. The monoisotopic (exact) mass is 537 g/mol. The lowest BCUT2D eigenvalue weighted by Gasteiger charge is -2.09. The van der Waals surface area contributed by atoms with Gasteiger partial charge in [0.25, 0.3) is 0 Å². The molecule has 2 aromatic heterocycles. The molecule has 0 aliphatic carbocycles. The molecule has 1 aromatic carbocycles. The van der Waals surface area contributed by atoms with E-state index in [0.29, 0.717) is 41.9 Å². The molecule has 2 heterocycles. The SMILES string of the molecule is CN=C(NCCc1nc(C(F)(F)F)cs1)NCc1cc(-c2ccccc2)on1.I. The predicted octanol–water partition coefficient (Wildman–Crippen LogP) is 4.34. The Hall–Kier alpha value is -2.15. The number of nitrogens with zero attached hydrogens (tertiary/aromatic N) is 3. The van der Waals surface area contributed by atoms with Crippen LogP contribution in [0.1, 0.15) is 16.4 Å². The second-order valence-corrected chi connectivity index (χ2v) is 6.72. The number of rotatable bonds is 6. The first-order chi connectivity index (χ1) is 13.5. The first-order valence-electron chi connectivity index (χ1n) is 8.43. The summed E-state index contributed by atoms with van der Waals surface area (Å²) in [6, 6.07) is 11.5. The van der Waals surface area contributed by atoms with Crippen LogP contribution in [0.15, 0.2) is 51.3 Å². The first-order valence-corrected chi connectivity index (χ1v) is 9.31. The fraction of sp³-hybridized carbons (Fsp3) is 0.278. The average molecular weight is 537 g/mol. The van der Waals surface area contributed by atoms with Gasteiger partial charge in [0.15, 0.2) is 17.4 Å². The Balaban J connectivity index is 0.00000300. The number of thiazole rings is 1. The topological polar surface area (TPSA) is 75.3 Å². The van der Waals surface area contributed by atoms with Gasteiger partial charge in [-0.1, -0.05) is 35.5 Å². The highest BCUT2D eigenvalue weighted by molar-refractivity contribution is 14.0. The molecule has 0 bridgehead atoms. The van der Waals surface area contributed by atoms with Gasteiger partial charge in [0.1, 0.15) is 5.69 Å². The molecule has 0 saturated carbocycles. The third-order valence-electron chi connectivity index (χ3n) is 3.75. The van der Waals surface area contributed by atoms with E-state index in [1.807, 2.05) is 36.4 Å². The van der Waals surface area contributed by atoms with Crippen LogP contribution < -0.4 is 10.6 Å². The summed E-state index contributed by atoms with van der Waals surface area (Å²) < 4.78 is 43.0. The van der Waals surface area contributed by atoms with E-state index in [4.69, 9.17) is 4.52 Å². The minimum atomic E-state index is -4.41. The van der Waals surface area contributed by atoms with Crippen LogP contribution in [0, 0.1) is 0 Å². The minimum absolute atomic E-state index is 0. The van der Waals surface area contributed by atoms with Crippen LogP contribution >= 0.6 is 35.3 Å². The van der Waals surface area contributed by atoms with Crippen molar-refractivity contribution in [3.05, 3.63) is 58.2 Å². The summed E-state index contributed by atoms with van der Waals surface area (Å²) in [5, 5.41) is 11.6. The van der Waals surface area contributed by atoms with Crippen LogP contribution in [0.2, 0.25) is 0 Å². The average Bonchev–Trinajstić information content (AvgIpc) is 3.34. The molecule has 0 spiro atoms. The van der Waals surface area contributed by atoms with Gasteiger partial charge >= 0.3 is 6.18 Å². The molecule has 3 rings (SSSR count). The van der Waals surface area contributed by atoms with Crippen molar-refractivity contribution < 1.29 is 17.7 Å². The summed E-state index contributed by atoms with van der Waals surface area (Å²) in [5.41, 5.74) is 0.789. The molecular formula is C18H19F3IN5OS. The zero-order valence-electron chi connectivity index (χ0n) is 15.4. The molecule has 0 unspecified atom stereocenters. The largest absolute Gasteiger partial charge is 0.434 e. The third-order valence-corrected chi connectivity index (χ3v) is 4.66. The Bertz CT molecular complexity index is 927. The highest BCUT2D eigenvalue weighted by atomic mass is 127. The van der Waals surface area contributed by atoms with Gasteiger partial charge in [-0.3, -0.25) is 4.99 Å². The number of guanidine groups is 1. The Morgan fingerprint density at radius 1 is 1.21 bits per heavy atom. The maximum Gasteiger partial charge on any atom is 0.434 e. The number of aliphatic imine (C=N–C) groups is 1. The molecule has 0 radical (unpaired) electrons. The van der Waals surface area contributed by atoms with Crippen molar-refractivity contribution in [1.82, 2.24) is 20.8 Å². The molecule has 2 N–H and O–H groups in total. The number of halogens is 4. The molecule has 0 aliphatic rings. The van der Waals surface area contributed by atoms with E-state index in [-0.39, 0.29) is 24.0 Å². The lowest BCUT2D eigenvalue weighted by molar-refractivity contribution is -0.140. The van der Waals surface area contributed by atoms with E-state index >= 15 is 0 Å². The molecule has 11 heteroatoms. The van der Waals surface area contributed by atoms with Gasteiger partial charge < -0.3 is 15.2 Å². The van der Waals surface area contributed by atoms with Gasteiger partial charge in [-0.25, -0.2) is 4.98 Å². The molecule has 0 amide bonds.